The van der Waals surface area contributed by atoms with Crippen LogP contribution < -0.4 is 4.90 Å². The van der Waals surface area contributed by atoms with Gasteiger partial charge in [0.1, 0.15) is 23.5 Å². The summed E-state index contributed by atoms with van der Waals surface area (Å²) >= 11 is 6.34. The molecule has 2 N–H and O–H groups in total. The first kappa shape index (κ1) is 32.0. The highest BCUT2D eigenvalue weighted by molar-refractivity contribution is 6.32. The number of rotatable bonds is 10. The Labute approximate surface area is 282 Å². The van der Waals surface area contributed by atoms with Crippen molar-refractivity contribution in [1.29, 1.82) is 0 Å². The number of nitrogens with zero attached hydrogens (tertiary/aromatic N) is 2. The number of hydrogen-bond donors (Lipinski definition) is 2. The number of anilines is 1. The van der Waals surface area contributed by atoms with E-state index < -0.39 is 52.8 Å². The molecule has 3 fully saturated rings. The molecule has 6 unspecified atom stereocenters. The molecule has 0 bridgehead atoms. The number of carbonyl (C=O) groups is 5. The van der Waals surface area contributed by atoms with E-state index >= 15 is 4.79 Å². The van der Waals surface area contributed by atoms with Gasteiger partial charge in [0.05, 0.1) is 29.4 Å². The Bertz CT molecular complexity index is 1830. The number of carboxylic acid groups (broad SMARTS) is 1. The normalized spacial score (nSPS) is 28.0. The predicted octanol–water partition coefficient (Wildman–Crippen LogP) is 5.23. The summed E-state index contributed by atoms with van der Waals surface area (Å²) in [6, 6.07) is 19.1. The fraction of sp³-hybridized carbons (Fsp3) is 0.378. The number of carbonyl (C=O) groups excluding carboxylic acids is 4. The van der Waals surface area contributed by atoms with Crippen LogP contribution in [0.5, 0.6) is 0 Å². The van der Waals surface area contributed by atoms with Crippen LogP contribution in [0.1, 0.15) is 61.5 Å². The smallest absolute Gasteiger partial charge is 0.303 e. The fourth-order valence-corrected chi connectivity index (χ4v) is 8.88. The van der Waals surface area contributed by atoms with E-state index in [4.69, 9.17) is 21.1 Å². The Morgan fingerprint density at radius 2 is 1.71 bits per heavy atom. The summed E-state index contributed by atoms with van der Waals surface area (Å²) in [5, 5.41) is 19.3. The van der Waals surface area contributed by atoms with E-state index in [1.807, 2.05) is 36.4 Å². The van der Waals surface area contributed by atoms with E-state index in [9.17, 15) is 24.3 Å². The molecule has 2 aliphatic heterocycles. The minimum atomic E-state index is -1.45. The predicted molar refractivity (Wildman–Crippen MR) is 174 cm³/mol. The van der Waals surface area contributed by atoms with E-state index in [-0.39, 0.29) is 44.2 Å². The number of carboxylic acids is 1. The van der Waals surface area contributed by atoms with Crippen LogP contribution >= 0.6 is 11.6 Å². The van der Waals surface area contributed by atoms with Crippen LogP contribution in [0.3, 0.4) is 0 Å². The third-order valence-electron chi connectivity index (χ3n) is 10.7. The topological polar surface area (TPSA) is 145 Å². The summed E-state index contributed by atoms with van der Waals surface area (Å²) in [4.78, 5) is 71.0. The third-order valence-corrected chi connectivity index (χ3v) is 10.9. The molecule has 11 heteroatoms. The molecule has 10 nitrogen and oxygen atoms in total. The molecular formula is C37H35ClN2O8. The van der Waals surface area contributed by atoms with Crippen molar-refractivity contribution < 1.29 is 38.6 Å². The first-order valence-corrected chi connectivity index (χ1v) is 16.7. The number of aliphatic hydroxyl groups is 1. The number of likely N-dealkylation sites (tertiary alicyclic amines) is 1. The number of hydrogen-bond acceptors (Lipinski definition) is 7. The molecule has 1 aromatic heterocycles. The molecule has 3 aromatic rings. The molecule has 7 rings (SSSR count). The van der Waals surface area contributed by atoms with Gasteiger partial charge in [0, 0.05) is 18.0 Å². The summed E-state index contributed by atoms with van der Waals surface area (Å²) in [7, 11) is 0. The van der Waals surface area contributed by atoms with E-state index in [1.54, 1.807) is 36.4 Å². The van der Waals surface area contributed by atoms with E-state index in [1.165, 1.54) is 9.80 Å². The zero-order valence-corrected chi connectivity index (χ0v) is 26.8. The second kappa shape index (κ2) is 12.5. The van der Waals surface area contributed by atoms with Crippen molar-refractivity contribution in [3.8, 4) is 0 Å². The minimum absolute atomic E-state index is 0.0260. The van der Waals surface area contributed by atoms with Crippen molar-refractivity contribution in [3.63, 3.8) is 0 Å². The van der Waals surface area contributed by atoms with Crippen molar-refractivity contribution in [2.24, 2.45) is 23.7 Å². The van der Waals surface area contributed by atoms with Gasteiger partial charge in [-0.2, -0.15) is 0 Å². The minimum Gasteiger partial charge on any atom is -0.481 e. The summed E-state index contributed by atoms with van der Waals surface area (Å²) in [6.45, 7) is -0.164. The van der Waals surface area contributed by atoms with Crippen molar-refractivity contribution >= 4 is 46.9 Å². The average Bonchev–Trinajstić information content (AvgIpc) is 3.72. The number of furan rings is 1. The lowest BCUT2D eigenvalue weighted by Gasteiger charge is -2.49. The number of fused-ring (bicyclic) bond motifs is 4. The molecule has 0 radical (unpaired) electrons. The number of allylic oxidation sites excluding steroid dienone is 2. The number of aliphatic carboxylic acids is 1. The Balaban J connectivity index is 1.34. The zero-order chi connectivity index (χ0) is 33.7. The lowest BCUT2D eigenvalue weighted by Crippen LogP contribution is -2.53. The van der Waals surface area contributed by atoms with E-state index in [0.717, 1.165) is 5.57 Å². The Morgan fingerprint density at radius 1 is 0.917 bits per heavy atom. The summed E-state index contributed by atoms with van der Waals surface area (Å²) < 4.78 is 6.19. The van der Waals surface area contributed by atoms with Crippen LogP contribution in [0.25, 0.3) is 0 Å². The molecule has 2 aromatic carbocycles. The van der Waals surface area contributed by atoms with Gasteiger partial charge < -0.3 is 14.6 Å². The van der Waals surface area contributed by atoms with Crippen molar-refractivity contribution in [3.05, 3.63) is 100 Å². The maximum absolute atomic E-state index is 15.1. The molecule has 4 aliphatic rings. The summed E-state index contributed by atoms with van der Waals surface area (Å²) in [5.74, 6) is -5.17. The summed E-state index contributed by atoms with van der Waals surface area (Å²) in [5.41, 5.74) is 0.292. The monoisotopic (exact) mass is 670 g/mol. The number of benzene rings is 2. The van der Waals surface area contributed by atoms with Gasteiger partial charge in [0.25, 0.3) is 0 Å². The highest BCUT2D eigenvalue weighted by atomic mass is 35.5. The van der Waals surface area contributed by atoms with Crippen molar-refractivity contribution in [1.82, 2.24) is 4.90 Å². The summed E-state index contributed by atoms with van der Waals surface area (Å²) in [6.07, 6.45) is 3.95. The zero-order valence-electron chi connectivity index (χ0n) is 26.1. The van der Waals surface area contributed by atoms with Gasteiger partial charge in [-0.3, -0.25) is 28.9 Å². The van der Waals surface area contributed by atoms with E-state index in [2.05, 4.69) is 0 Å². The van der Waals surface area contributed by atoms with Gasteiger partial charge in [-0.1, -0.05) is 66.1 Å². The molecule has 3 heterocycles. The largest absolute Gasteiger partial charge is 0.481 e. The first-order chi connectivity index (χ1) is 23.2. The maximum atomic E-state index is 15.1. The Hall–Kier alpha value is -4.54. The lowest BCUT2D eigenvalue weighted by atomic mass is 9.50. The van der Waals surface area contributed by atoms with Crippen LogP contribution in [0.4, 0.5) is 5.69 Å². The highest BCUT2D eigenvalue weighted by Gasteiger charge is 2.70. The molecule has 2 saturated heterocycles. The highest BCUT2D eigenvalue weighted by Crippen LogP contribution is 2.64. The number of aliphatic hydroxyl groups excluding tert-OH is 1. The second-order valence-electron chi connectivity index (χ2n) is 13.1. The molecule has 1 saturated carbocycles. The molecule has 4 amide bonds. The quantitative estimate of drug-likeness (QED) is 0.169. The molecular weight excluding hydrogens is 636 g/mol. The van der Waals surface area contributed by atoms with Gasteiger partial charge in [-0.15, -0.1) is 0 Å². The first-order valence-electron chi connectivity index (χ1n) is 16.3. The number of imide groups is 2. The number of amides is 4. The van der Waals surface area contributed by atoms with Crippen LogP contribution in [0.2, 0.25) is 5.02 Å². The molecule has 0 spiro atoms. The van der Waals surface area contributed by atoms with Crippen LogP contribution in [0.15, 0.2) is 82.8 Å². The van der Waals surface area contributed by atoms with Crippen LogP contribution in [-0.4, -0.2) is 51.3 Å². The van der Waals surface area contributed by atoms with Gasteiger partial charge in [0.15, 0.2) is 0 Å². The van der Waals surface area contributed by atoms with Gasteiger partial charge in [-0.25, -0.2) is 4.90 Å². The lowest BCUT2D eigenvalue weighted by molar-refractivity contribution is -0.141. The maximum Gasteiger partial charge on any atom is 0.303 e. The molecule has 48 heavy (non-hydrogen) atoms. The van der Waals surface area contributed by atoms with Crippen molar-refractivity contribution in [2.45, 2.75) is 56.5 Å². The number of halogens is 1. The molecule has 248 valence electrons. The van der Waals surface area contributed by atoms with Gasteiger partial charge in [-0.05, 0) is 67.5 Å². The SMILES string of the molecule is O=C(O)CCCCCN1C(=O)C2CC=C3C(CC4C(=O)N(c5cccc(Cl)c5)C(=O)C4(c4ccccc4)C3c3ccc(CO)o3)C2C1=O. The standard InChI is InChI=1S/C37H35ClN2O8/c38-22-10-7-11-23(18-22)40-34(45)28-19-27-25(14-15-26-31(27)35(46)39(33(26)44)17-6-2-5-12-30(42)43)32(29-16-13-24(20-41)48-29)37(28,36(40)47)21-8-3-1-4-9-21/h1,3-4,7-11,13-14,16,18,26-28,31-32,41H,2,5-6,12,15,17,19-20H2,(H,42,43). The number of unbranched alkanes of at least 4 members (excludes halogenated alkanes) is 2. The third kappa shape index (κ3) is 4.92. The Morgan fingerprint density at radius 3 is 2.42 bits per heavy atom. The Kier molecular flexibility index (Phi) is 8.33. The van der Waals surface area contributed by atoms with Gasteiger partial charge in [0.2, 0.25) is 23.6 Å². The van der Waals surface area contributed by atoms with Crippen LogP contribution in [-0.2, 0) is 36.0 Å². The molecule has 2 aliphatic carbocycles. The average molecular weight is 671 g/mol. The van der Waals surface area contributed by atoms with Crippen molar-refractivity contribution in [2.75, 3.05) is 11.4 Å². The fourth-order valence-electron chi connectivity index (χ4n) is 8.70. The van der Waals surface area contributed by atoms with E-state index in [0.29, 0.717) is 47.1 Å². The second-order valence-corrected chi connectivity index (χ2v) is 13.5. The molecule has 6 atom stereocenters. The van der Waals surface area contributed by atoms with Crippen LogP contribution in [0, 0.1) is 23.7 Å². The van der Waals surface area contributed by atoms with Gasteiger partial charge >= 0.3 is 5.97 Å².